The summed E-state index contributed by atoms with van der Waals surface area (Å²) in [7, 11) is 0. The van der Waals surface area contributed by atoms with Gasteiger partial charge in [-0.15, -0.1) is 0 Å². The highest BCUT2D eigenvalue weighted by Crippen LogP contribution is 2.44. The van der Waals surface area contributed by atoms with E-state index in [1.54, 1.807) is 0 Å². The molecule has 1 nitrogen and oxygen atoms in total. The first-order chi connectivity index (χ1) is 8.11. The summed E-state index contributed by atoms with van der Waals surface area (Å²) in [5.74, 6) is 1.78. The monoisotopic (exact) mass is 232 g/mol. The second-order valence-corrected chi connectivity index (χ2v) is 5.82. The van der Waals surface area contributed by atoms with Gasteiger partial charge in [0.25, 0.3) is 0 Å². The third-order valence-electron chi connectivity index (χ3n) is 4.03. The summed E-state index contributed by atoms with van der Waals surface area (Å²) in [5, 5.41) is 9.71. The van der Waals surface area contributed by atoms with E-state index in [9.17, 15) is 5.11 Å². The highest BCUT2D eigenvalue weighted by Gasteiger charge is 2.39. The number of hydrogen-bond acceptors (Lipinski definition) is 1. The maximum Gasteiger partial charge on any atom is 0.0580 e. The van der Waals surface area contributed by atoms with Crippen LogP contribution in [0, 0.1) is 11.8 Å². The van der Waals surface area contributed by atoms with Gasteiger partial charge >= 0.3 is 0 Å². The first-order valence-electron chi connectivity index (χ1n) is 6.88. The molecule has 2 rings (SSSR count). The van der Waals surface area contributed by atoms with Crippen LogP contribution in [0.2, 0.25) is 0 Å². The van der Waals surface area contributed by atoms with Crippen molar-refractivity contribution in [1.29, 1.82) is 0 Å². The number of hydrogen-bond donors (Lipinski definition) is 1. The van der Waals surface area contributed by atoms with Crippen molar-refractivity contribution in [3.05, 3.63) is 35.4 Å². The SMILES string of the molecule is CCC1C(O)CC1c1ccc(CC(C)C)cc1. The second kappa shape index (κ2) is 5.22. The van der Waals surface area contributed by atoms with Crippen molar-refractivity contribution in [1.82, 2.24) is 0 Å². The molecule has 0 aromatic heterocycles. The third-order valence-corrected chi connectivity index (χ3v) is 4.03. The second-order valence-electron chi connectivity index (χ2n) is 5.82. The van der Waals surface area contributed by atoms with E-state index in [0.717, 1.165) is 25.2 Å². The fourth-order valence-electron chi connectivity index (χ4n) is 2.99. The summed E-state index contributed by atoms with van der Waals surface area (Å²) in [6.45, 7) is 6.68. The maximum atomic E-state index is 9.71. The van der Waals surface area contributed by atoms with Crippen LogP contribution < -0.4 is 0 Å². The summed E-state index contributed by atoms with van der Waals surface area (Å²) in [6.07, 6.45) is 3.12. The molecule has 17 heavy (non-hydrogen) atoms. The zero-order valence-electron chi connectivity index (χ0n) is 11.2. The molecule has 1 aromatic rings. The summed E-state index contributed by atoms with van der Waals surface area (Å²) in [6, 6.07) is 9.04. The number of aliphatic hydroxyl groups excluding tert-OH is 1. The Bertz CT molecular complexity index is 352. The molecule has 1 aliphatic rings. The fraction of sp³-hybridized carbons (Fsp3) is 0.625. The van der Waals surface area contributed by atoms with Gasteiger partial charge in [0.2, 0.25) is 0 Å². The molecule has 1 aromatic carbocycles. The topological polar surface area (TPSA) is 20.2 Å². The van der Waals surface area contributed by atoms with Gasteiger partial charge in [-0.25, -0.2) is 0 Å². The first kappa shape index (κ1) is 12.6. The van der Waals surface area contributed by atoms with Crippen molar-refractivity contribution in [2.24, 2.45) is 11.8 Å². The van der Waals surface area contributed by atoms with Crippen LogP contribution >= 0.6 is 0 Å². The fourth-order valence-corrected chi connectivity index (χ4v) is 2.99. The third kappa shape index (κ3) is 2.71. The molecule has 1 heteroatoms. The van der Waals surface area contributed by atoms with E-state index in [1.165, 1.54) is 11.1 Å². The van der Waals surface area contributed by atoms with E-state index in [0.29, 0.717) is 11.8 Å². The predicted molar refractivity (Wildman–Crippen MR) is 72.1 cm³/mol. The lowest BCUT2D eigenvalue weighted by molar-refractivity contribution is -0.000728. The molecule has 1 saturated carbocycles. The van der Waals surface area contributed by atoms with Crippen molar-refractivity contribution in [3.8, 4) is 0 Å². The van der Waals surface area contributed by atoms with E-state index < -0.39 is 0 Å². The average Bonchev–Trinajstić information content (AvgIpc) is 2.27. The molecule has 1 N–H and O–H groups in total. The van der Waals surface area contributed by atoms with Gasteiger partial charge in [0.05, 0.1) is 6.10 Å². The lowest BCUT2D eigenvalue weighted by Crippen LogP contribution is -2.38. The van der Waals surface area contributed by atoms with Crippen molar-refractivity contribution in [2.45, 2.75) is 52.1 Å². The van der Waals surface area contributed by atoms with Gasteiger partial charge < -0.3 is 5.11 Å². The van der Waals surface area contributed by atoms with Crippen LogP contribution in [0.15, 0.2) is 24.3 Å². The Labute approximate surface area is 105 Å². The standard InChI is InChI=1S/C16H24O/c1-4-14-15(10-16(14)17)13-7-5-12(6-8-13)9-11(2)3/h5-8,11,14-17H,4,9-10H2,1-3H3. The molecule has 1 aliphatic carbocycles. The minimum Gasteiger partial charge on any atom is -0.393 e. The molecule has 0 aliphatic heterocycles. The molecule has 1 fully saturated rings. The Morgan fingerprint density at radius 3 is 2.35 bits per heavy atom. The molecule has 0 heterocycles. The first-order valence-corrected chi connectivity index (χ1v) is 6.88. The van der Waals surface area contributed by atoms with E-state index in [2.05, 4.69) is 45.0 Å². The smallest absolute Gasteiger partial charge is 0.0580 e. The van der Waals surface area contributed by atoms with E-state index in [4.69, 9.17) is 0 Å². The molecule has 0 saturated heterocycles. The Morgan fingerprint density at radius 2 is 1.88 bits per heavy atom. The molecule has 0 amide bonds. The zero-order chi connectivity index (χ0) is 12.4. The minimum atomic E-state index is -0.0691. The highest BCUT2D eigenvalue weighted by atomic mass is 16.3. The van der Waals surface area contributed by atoms with Gasteiger partial charge in [-0.2, -0.15) is 0 Å². The lowest BCUT2D eigenvalue weighted by Gasteiger charge is -2.41. The van der Waals surface area contributed by atoms with Gasteiger partial charge in [0, 0.05) is 0 Å². The van der Waals surface area contributed by atoms with Crippen LogP contribution in [0.25, 0.3) is 0 Å². The summed E-state index contributed by atoms with van der Waals surface area (Å²) >= 11 is 0. The number of aliphatic hydroxyl groups is 1. The van der Waals surface area contributed by atoms with Crippen LogP contribution in [0.3, 0.4) is 0 Å². The summed E-state index contributed by atoms with van der Waals surface area (Å²) in [5.41, 5.74) is 2.84. The molecule has 3 atom stereocenters. The van der Waals surface area contributed by atoms with Crippen LogP contribution in [0.4, 0.5) is 0 Å². The molecule has 3 unspecified atom stereocenters. The largest absolute Gasteiger partial charge is 0.393 e. The highest BCUT2D eigenvalue weighted by molar-refractivity contribution is 5.28. The summed E-state index contributed by atoms with van der Waals surface area (Å²) < 4.78 is 0. The lowest BCUT2D eigenvalue weighted by atomic mass is 9.66. The van der Waals surface area contributed by atoms with Gasteiger partial charge in [-0.1, -0.05) is 51.5 Å². The van der Waals surface area contributed by atoms with Gasteiger partial charge in [0.1, 0.15) is 0 Å². The maximum absolute atomic E-state index is 9.71. The van der Waals surface area contributed by atoms with Crippen LogP contribution in [-0.4, -0.2) is 11.2 Å². The summed E-state index contributed by atoms with van der Waals surface area (Å²) in [4.78, 5) is 0. The molecule has 0 bridgehead atoms. The number of benzene rings is 1. The average molecular weight is 232 g/mol. The van der Waals surface area contributed by atoms with Crippen molar-refractivity contribution in [3.63, 3.8) is 0 Å². The van der Waals surface area contributed by atoms with Crippen molar-refractivity contribution in [2.75, 3.05) is 0 Å². The Hall–Kier alpha value is -0.820. The van der Waals surface area contributed by atoms with E-state index in [1.807, 2.05) is 0 Å². The molecule has 0 radical (unpaired) electrons. The van der Waals surface area contributed by atoms with Gasteiger partial charge in [-0.05, 0) is 41.7 Å². The molecule has 94 valence electrons. The van der Waals surface area contributed by atoms with Crippen molar-refractivity contribution < 1.29 is 5.11 Å². The quantitative estimate of drug-likeness (QED) is 0.838. The Balaban J connectivity index is 2.03. The normalized spacial score (nSPS) is 28.2. The Kier molecular flexibility index (Phi) is 3.88. The number of rotatable bonds is 4. The zero-order valence-corrected chi connectivity index (χ0v) is 11.2. The van der Waals surface area contributed by atoms with Crippen LogP contribution in [-0.2, 0) is 6.42 Å². The molecular formula is C16H24O. The minimum absolute atomic E-state index is 0.0691. The van der Waals surface area contributed by atoms with Crippen LogP contribution in [0.1, 0.15) is 50.7 Å². The van der Waals surface area contributed by atoms with Crippen molar-refractivity contribution >= 4 is 0 Å². The van der Waals surface area contributed by atoms with Crippen LogP contribution in [0.5, 0.6) is 0 Å². The Morgan fingerprint density at radius 1 is 1.24 bits per heavy atom. The predicted octanol–water partition coefficient (Wildman–Crippen LogP) is 3.76. The van der Waals surface area contributed by atoms with E-state index in [-0.39, 0.29) is 6.10 Å². The molecular weight excluding hydrogens is 208 g/mol. The van der Waals surface area contributed by atoms with Gasteiger partial charge in [-0.3, -0.25) is 0 Å². The van der Waals surface area contributed by atoms with E-state index >= 15 is 0 Å². The van der Waals surface area contributed by atoms with Gasteiger partial charge in [0.15, 0.2) is 0 Å². The molecule has 0 spiro atoms.